The van der Waals surface area contributed by atoms with Gasteiger partial charge in [-0.3, -0.25) is 14.4 Å². The van der Waals surface area contributed by atoms with Crippen LogP contribution in [0.3, 0.4) is 0 Å². The first-order valence-corrected chi connectivity index (χ1v) is 32.0. The van der Waals surface area contributed by atoms with Gasteiger partial charge >= 0.3 is 17.9 Å². The molecule has 0 saturated heterocycles. The summed E-state index contributed by atoms with van der Waals surface area (Å²) in [7, 11) is 0. The van der Waals surface area contributed by atoms with Crippen molar-refractivity contribution in [2.24, 2.45) is 0 Å². The largest absolute Gasteiger partial charge is 0.462 e. The number of ether oxygens (including phenoxy) is 3. The lowest BCUT2D eigenvalue weighted by molar-refractivity contribution is -0.167. The Bertz CT molecular complexity index is 1600. The minimum atomic E-state index is -0.809. The third-order valence-electron chi connectivity index (χ3n) is 13.5. The molecule has 0 amide bonds. The van der Waals surface area contributed by atoms with Crippen molar-refractivity contribution >= 4 is 17.9 Å². The van der Waals surface area contributed by atoms with E-state index in [4.69, 9.17) is 14.2 Å². The maximum Gasteiger partial charge on any atom is 0.306 e. The summed E-state index contributed by atoms with van der Waals surface area (Å²) in [5.41, 5.74) is 0. The first kappa shape index (κ1) is 72.8. The maximum absolute atomic E-state index is 12.8. The fourth-order valence-electron chi connectivity index (χ4n) is 8.67. The van der Waals surface area contributed by atoms with Gasteiger partial charge in [0.15, 0.2) is 6.10 Å². The van der Waals surface area contributed by atoms with Crippen LogP contribution in [0, 0.1) is 0 Å². The van der Waals surface area contributed by atoms with Crippen molar-refractivity contribution in [1.29, 1.82) is 0 Å². The molecule has 0 N–H and O–H groups in total. The second kappa shape index (κ2) is 64.3. The molecule has 0 fully saturated rings. The highest BCUT2D eigenvalue weighted by Crippen LogP contribution is 2.16. The van der Waals surface area contributed by atoms with E-state index in [0.29, 0.717) is 19.3 Å². The summed E-state index contributed by atoms with van der Waals surface area (Å²) < 4.78 is 16.8. The zero-order valence-electron chi connectivity index (χ0n) is 50.2. The van der Waals surface area contributed by atoms with Gasteiger partial charge in [-0.1, -0.05) is 284 Å². The van der Waals surface area contributed by atoms with Crippen molar-refractivity contribution in [3.8, 4) is 0 Å². The molecule has 77 heavy (non-hydrogen) atoms. The summed E-state index contributed by atoms with van der Waals surface area (Å²) in [6.45, 7) is 6.43. The lowest BCUT2D eigenvalue weighted by atomic mass is 10.0. The molecule has 1 unspecified atom stereocenters. The zero-order chi connectivity index (χ0) is 55.7. The van der Waals surface area contributed by atoms with Crippen LogP contribution in [-0.2, 0) is 28.6 Å². The number of rotatable bonds is 57. The second-order valence-electron chi connectivity index (χ2n) is 20.9. The average Bonchev–Trinajstić information content (AvgIpc) is 3.43. The van der Waals surface area contributed by atoms with Crippen molar-refractivity contribution < 1.29 is 28.6 Å². The van der Waals surface area contributed by atoms with E-state index in [1.165, 1.54) is 141 Å². The second-order valence-corrected chi connectivity index (χ2v) is 20.9. The average molecular weight is 1070 g/mol. The highest BCUT2D eigenvalue weighted by atomic mass is 16.6. The number of allylic oxidation sites excluding steroid dienone is 20. The normalized spacial score (nSPS) is 12.9. The fourth-order valence-corrected chi connectivity index (χ4v) is 8.67. The molecule has 0 aliphatic rings. The smallest absolute Gasteiger partial charge is 0.306 e. The van der Waals surface area contributed by atoms with E-state index < -0.39 is 6.10 Å². The lowest BCUT2D eigenvalue weighted by Crippen LogP contribution is -2.30. The topological polar surface area (TPSA) is 78.9 Å². The Morgan fingerprint density at radius 1 is 0.273 bits per heavy atom. The Kier molecular flexibility index (Phi) is 60.8. The van der Waals surface area contributed by atoms with E-state index in [-0.39, 0.29) is 37.5 Å². The van der Waals surface area contributed by atoms with Crippen molar-refractivity contribution in [3.05, 3.63) is 122 Å². The van der Waals surface area contributed by atoms with Crippen LogP contribution in [0.2, 0.25) is 0 Å². The highest BCUT2D eigenvalue weighted by Gasteiger charge is 2.19. The number of esters is 3. The van der Waals surface area contributed by atoms with Crippen LogP contribution in [0.15, 0.2) is 122 Å². The number of unbranched alkanes of at least 4 members (excludes halogenated alkanes) is 26. The molecule has 0 rings (SSSR count). The van der Waals surface area contributed by atoms with Crippen LogP contribution in [0.25, 0.3) is 0 Å². The number of hydrogen-bond donors (Lipinski definition) is 0. The summed E-state index contributed by atoms with van der Waals surface area (Å²) in [5.74, 6) is -0.967. The minimum Gasteiger partial charge on any atom is -0.462 e. The molecule has 438 valence electrons. The molecule has 0 aliphatic heterocycles. The minimum absolute atomic E-state index is 0.102. The molecule has 0 heterocycles. The SMILES string of the molecule is CC/C=C\C/C=C\C/C=C\C/C=C\C/C=C\C/C=C\C/C=C\CCCC(=O)OC(COC(=O)CCCCCCCCC)COC(=O)CCCCCCCCCCCCCCCC/C=C\C/C=C\C/C=C\CCCCCCC. The van der Waals surface area contributed by atoms with Crippen LogP contribution in [0.4, 0.5) is 0 Å². The molecule has 0 bridgehead atoms. The Morgan fingerprint density at radius 2 is 0.519 bits per heavy atom. The van der Waals surface area contributed by atoms with Crippen molar-refractivity contribution in [3.63, 3.8) is 0 Å². The molecule has 0 saturated carbocycles. The quantitative estimate of drug-likeness (QED) is 0.0261. The Hall–Kier alpha value is -4.19. The van der Waals surface area contributed by atoms with Gasteiger partial charge in [0, 0.05) is 19.3 Å². The standard InChI is InChI=1S/C71H118O6/c1-4-7-10-13-16-18-20-22-24-26-28-30-32-33-34-35-36-37-39-40-42-44-46-48-50-52-55-58-61-64-70(73)76-67-68(66-75-69(72)63-60-57-54-15-12-9-6-3)77-71(74)65-62-59-56-53-51-49-47-45-43-41-38-31-29-27-25-23-21-19-17-14-11-8-5-2/h8,11,17,19-20,22-23,25-26,28-29,31-33,41,43,47,49,53,56,68H,4-7,9-10,12-16,18,21,24,27,30,34-40,42,44-46,48,50-52,54-55,57-67H2,1-3H3/b11-8-,19-17-,22-20-,25-23-,28-26-,31-29-,33-32-,43-41-,49-47-,56-53-. The predicted molar refractivity (Wildman–Crippen MR) is 334 cm³/mol. The Labute approximate surface area is 475 Å². The number of carbonyl (C=O) groups excluding carboxylic acids is 3. The molecule has 0 aromatic carbocycles. The van der Waals surface area contributed by atoms with Gasteiger partial charge in [0.2, 0.25) is 0 Å². The van der Waals surface area contributed by atoms with Gasteiger partial charge in [0.05, 0.1) is 0 Å². The summed E-state index contributed by atoms with van der Waals surface area (Å²) in [5, 5.41) is 0. The van der Waals surface area contributed by atoms with Crippen molar-refractivity contribution in [2.45, 2.75) is 297 Å². The van der Waals surface area contributed by atoms with E-state index in [1.807, 2.05) is 0 Å². The van der Waals surface area contributed by atoms with Gasteiger partial charge in [-0.25, -0.2) is 0 Å². The van der Waals surface area contributed by atoms with Gasteiger partial charge in [0.1, 0.15) is 13.2 Å². The lowest BCUT2D eigenvalue weighted by Gasteiger charge is -2.18. The van der Waals surface area contributed by atoms with Crippen molar-refractivity contribution in [1.82, 2.24) is 0 Å². The molecular weight excluding hydrogens is 949 g/mol. The number of hydrogen-bond acceptors (Lipinski definition) is 6. The van der Waals surface area contributed by atoms with E-state index in [0.717, 1.165) is 103 Å². The third kappa shape index (κ3) is 62.5. The Balaban J connectivity index is 4.21. The predicted octanol–water partition coefficient (Wildman–Crippen LogP) is 22.0. The molecule has 0 aliphatic carbocycles. The van der Waals surface area contributed by atoms with Crippen molar-refractivity contribution in [2.75, 3.05) is 13.2 Å². The first-order valence-electron chi connectivity index (χ1n) is 32.0. The van der Waals surface area contributed by atoms with Gasteiger partial charge in [0.25, 0.3) is 0 Å². The molecule has 6 heteroatoms. The summed E-state index contributed by atoms with van der Waals surface area (Å²) in [6.07, 6.45) is 89.5. The van der Waals surface area contributed by atoms with Gasteiger partial charge in [-0.2, -0.15) is 0 Å². The summed E-state index contributed by atoms with van der Waals surface area (Å²) >= 11 is 0. The zero-order valence-corrected chi connectivity index (χ0v) is 50.2. The van der Waals surface area contributed by atoms with Crippen LogP contribution in [-0.4, -0.2) is 37.2 Å². The van der Waals surface area contributed by atoms with Gasteiger partial charge < -0.3 is 14.2 Å². The van der Waals surface area contributed by atoms with E-state index in [2.05, 4.69) is 142 Å². The van der Waals surface area contributed by atoms with Crippen LogP contribution in [0.1, 0.15) is 290 Å². The highest BCUT2D eigenvalue weighted by molar-refractivity contribution is 5.71. The number of carbonyl (C=O) groups is 3. The van der Waals surface area contributed by atoms with Gasteiger partial charge in [-0.15, -0.1) is 0 Å². The molecule has 0 aromatic rings. The fraction of sp³-hybridized carbons (Fsp3) is 0.676. The molecule has 0 aromatic heterocycles. The van der Waals surface area contributed by atoms with E-state index >= 15 is 0 Å². The molecule has 6 nitrogen and oxygen atoms in total. The Morgan fingerprint density at radius 3 is 0.831 bits per heavy atom. The molecule has 0 radical (unpaired) electrons. The molecule has 1 atom stereocenters. The summed E-state index contributed by atoms with van der Waals surface area (Å²) in [4.78, 5) is 38.0. The molecular formula is C71H118O6. The van der Waals surface area contributed by atoms with Crippen LogP contribution < -0.4 is 0 Å². The van der Waals surface area contributed by atoms with Crippen LogP contribution in [0.5, 0.6) is 0 Å². The summed E-state index contributed by atoms with van der Waals surface area (Å²) in [6, 6.07) is 0. The van der Waals surface area contributed by atoms with Crippen LogP contribution >= 0.6 is 0 Å². The van der Waals surface area contributed by atoms with E-state index in [9.17, 15) is 14.4 Å². The van der Waals surface area contributed by atoms with Gasteiger partial charge in [-0.05, 0) is 109 Å². The van der Waals surface area contributed by atoms with E-state index in [1.54, 1.807) is 0 Å². The molecule has 0 spiro atoms. The third-order valence-corrected chi connectivity index (χ3v) is 13.5. The first-order chi connectivity index (χ1) is 38.0. The maximum atomic E-state index is 12.8. The monoisotopic (exact) mass is 1070 g/mol.